The van der Waals surface area contributed by atoms with Crippen LogP contribution in [0.15, 0.2) is 105 Å². The van der Waals surface area contributed by atoms with Gasteiger partial charge in [0.25, 0.3) is 0 Å². The molecule has 0 aliphatic rings. The van der Waals surface area contributed by atoms with E-state index in [2.05, 4.69) is 0 Å². The maximum atomic E-state index is 13.1. The van der Waals surface area contributed by atoms with Gasteiger partial charge in [0.2, 0.25) is 0 Å². The average molecular weight is 854 g/mol. The second-order valence-corrected chi connectivity index (χ2v) is 17.8. The van der Waals surface area contributed by atoms with E-state index in [1.54, 1.807) is 38.1 Å². The Bertz CT molecular complexity index is 1760. The minimum Gasteiger partial charge on any atom is -0.323 e. The van der Waals surface area contributed by atoms with Gasteiger partial charge in [-0.2, -0.15) is 26.3 Å². The minimum atomic E-state index is -4.42. The van der Waals surface area contributed by atoms with Crippen LogP contribution in [0.3, 0.4) is 0 Å². The van der Waals surface area contributed by atoms with Crippen LogP contribution in [0.2, 0.25) is 10.0 Å². The molecule has 0 heterocycles. The number of aryl methyl sites for hydroxylation is 2. The molecule has 5 nitrogen and oxygen atoms in total. The van der Waals surface area contributed by atoms with Gasteiger partial charge in [0, 0.05) is 40.7 Å². The van der Waals surface area contributed by atoms with Crippen molar-refractivity contribution >= 4 is 55.0 Å². The normalized spacial score (nSPS) is 14.6. The molecule has 294 valence electrons. The van der Waals surface area contributed by atoms with Crippen molar-refractivity contribution in [2.45, 2.75) is 95.4 Å². The molecule has 0 spiro atoms. The van der Waals surface area contributed by atoms with Crippen molar-refractivity contribution in [1.82, 2.24) is 0 Å². The van der Waals surface area contributed by atoms with Crippen molar-refractivity contribution in [3.05, 3.63) is 117 Å². The van der Waals surface area contributed by atoms with E-state index in [1.165, 1.54) is 35.7 Å². The molecule has 4 N–H and O–H groups in total. The predicted molar refractivity (Wildman–Crippen MR) is 206 cm³/mol. The molecule has 0 aliphatic heterocycles. The topological polar surface area (TPSA) is 87.6 Å². The quantitative estimate of drug-likeness (QED) is 0.0761. The standard InChI is InChI=1S/C38H41Cl2F6N2O3PS2/c1-35(47,17-5-7-25-13-15-31(21-33(25)39)53-29-11-3-9-27(19-29)37(41,42)43)23-50-52(49)51-24-36(2,48)18-6-8-26-14-16-32(22-34(26)40)54-30-12-4-10-28(20-30)38(44,45)46/h3-4,9-16,19-22,52H,5-8,17-18,23-24,47-48H2,1-2H3/t35-,36-/m1/s1. The predicted octanol–water partition coefficient (Wildman–Crippen LogP) is 12.5. The molecule has 0 bridgehead atoms. The van der Waals surface area contributed by atoms with Gasteiger partial charge in [-0.25, -0.2) is 0 Å². The summed E-state index contributed by atoms with van der Waals surface area (Å²) >= 11 is 15.4. The summed E-state index contributed by atoms with van der Waals surface area (Å²) in [5, 5.41) is 0.996. The number of benzene rings is 4. The van der Waals surface area contributed by atoms with Crippen molar-refractivity contribution in [3.63, 3.8) is 0 Å². The second kappa shape index (κ2) is 19.3. The van der Waals surface area contributed by atoms with E-state index >= 15 is 0 Å². The monoisotopic (exact) mass is 852 g/mol. The summed E-state index contributed by atoms with van der Waals surface area (Å²) in [5.41, 5.74) is 11.5. The first-order valence-electron chi connectivity index (χ1n) is 16.8. The van der Waals surface area contributed by atoms with Gasteiger partial charge in [0.15, 0.2) is 0 Å². The van der Waals surface area contributed by atoms with Gasteiger partial charge in [-0.1, -0.05) is 71.0 Å². The van der Waals surface area contributed by atoms with E-state index in [9.17, 15) is 30.9 Å². The van der Waals surface area contributed by atoms with Crippen LogP contribution >= 0.6 is 55.0 Å². The van der Waals surface area contributed by atoms with Gasteiger partial charge in [-0.3, -0.25) is 4.57 Å². The zero-order chi connectivity index (χ0) is 39.7. The van der Waals surface area contributed by atoms with Crippen LogP contribution in [-0.4, -0.2) is 24.3 Å². The fourth-order valence-electron chi connectivity index (χ4n) is 5.33. The first kappa shape index (κ1) is 44.5. The molecule has 0 saturated heterocycles. The number of hydrogen-bond acceptors (Lipinski definition) is 7. The maximum Gasteiger partial charge on any atom is 0.416 e. The van der Waals surface area contributed by atoms with E-state index in [1.807, 2.05) is 24.3 Å². The fraction of sp³-hybridized carbons (Fsp3) is 0.368. The number of nitrogens with two attached hydrogens (primary N) is 2. The highest BCUT2D eigenvalue weighted by Crippen LogP contribution is 2.38. The van der Waals surface area contributed by atoms with E-state index < -0.39 is 42.8 Å². The first-order valence-corrected chi connectivity index (χ1v) is 20.4. The molecule has 0 unspecified atom stereocenters. The Morgan fingerprint density at radius 2 is 0.981 bits per heavy atom. The molecular weight excluding hydrogens is 812 g/mol. The lowest BCUT2D eigenvalue weighted by atomic mass is 9.95. The zero-order valence-corrected chi connectivity index (χ0v) is 33.6. The van der Waals surface area contributed by atoms with Crippen LogP contribution in [-0.2, 0) is 38.8 Å². The van der Waals surface area contributed by atoms with Crippen LogP contribution < -0.4 is 11.5 Å². The lowest BCUT2D eigenvalue weighted by molar-refractivity contribution is -0.138. The number of alkyl halides is 6. The van der Waals surface area contributed by atoms with E-state index in [0.717, 1.165) is 35.4 Å². The molecule has 2 atom stereocenters. The van der Waals surface area contributed by atoms with Crippen LogP contribution in [0.1, 0.15) is 61.8 Å². The molecule has 0 aliphatic carbocycles. The van der Waals surface area contributed by atoms with Crippen LogP contribution in [0.25, 0.3) is 0 Å². The van der Waals surface area contributed by atoms with Crippen molar-refractivity contribution in [3.8, 4) is 0 Å². The third kappa shape index (κ3) is 14.7. The summed E-state index contributed by atoms with van der Waals surface area (Å²) in [5.74, 6) is 0. The smallest absolute Gasteiger partial charge is 0.323 e. The fourth-order valence-corrected chi connectivity index (χ4v) is 8.82. The van der Waals surface area contributed by atoms with Crippen molar-refractivity contribution < 1.29 is 40.0 Å². The van der Waals surface area contributed by atoms with Gasteiger partial charge in [-0.05, 0) is 124 Å². The Morgan fingerprint density at radius 1 is 0.611 bits per heavy atom. The Morgan fingerprint density at radius 3 is 1.33 bits per heavy atom. The zero-order valence-electron chi connectivity index (χ0n) is 29.5. The molecule has 16 heteroatoms. The Hall–Kier alpha value is -2.19. The summed E-state index contributed by atoms with van der Waals surface area (Å²) in [4.78, 5) is 2.33. The van der Waals surface area contributed by atoms with Crippen LogP contribution in [0.4, 0.5) is 26.3 Å². The Balaban J connectivity index is 1.15. The minimum absolute atomic E-state index is 0.00702. The third-order valence-corrected chi connectivity index (χ3v) is 11.7. The molecule has 0 aromatic heterocycles. The van der Waals surface area contributed by atoms with E-state index in [-0.39, 0.29) is 13.2 Å². The lowest BCUT2D eigenvalue weighted by Gasteiger charge is -2.26. The number of halogens is 8. The summed E-state index contributed by atoms with van der Waals surface area (Å²) in [6, 6.07) is 21.0. The van der Waals surface area contributed by atoms with Crippen molar-refractivity contribution in [2.75, 3.05) is 13.2 Å². The number of rotatable bonds is 18. The highest BCUT2D eigenvalue weighted by molar-refractivity contribution is 7.99. The Labute approximate surface area is 330 Å². The molecule has 0 amide bonds. The second-order valence-electron chi connectivity index (χ2n) is 13.6. The van der Waals surface area contributed by atoms with Gasteiger partial charge in [0.1, 0.15) is 0 Å². The lowest BCUT2D eigenvalue weighted by Crippen LogP contribution is -2.41. The van der Waals surface area contributed by atoms with Crippen molar-refractivity contribution in [2.24, 2.45) is 11.5 Å². The molecular formula is C38H41Cl2F6N2O3PS2. The molecule has 0 fully saturated rings. The highest BCUT2D eigenvalue weighted by Gasteiger charge is 2.31. The summed E-state index contributed by atoms with van der Waals surface area (Å²) < 4.78 is 102. The molecule has 4 aromatic rings. The summed E-state index contributed by atoms with van der Waals surface area (Å²) in [6.07, 6.45) is -5.27. The SMILES string of the molecule is C[C@@](N)(CCCc1ccc(Sc2cccc(C(F)(F)F)c2)cc1Cl)CO[PH](=O)OC[C@](C)(N)CCCc1ccc(Sc2cccc(C(F)(F)F)c2)cc1Cl. The first-order chi connectivity index (χ1) is 25.2. The summed E-state index contributed by atoms with van der Waals surface area (Å²) in [6.45, 7) is 3.56. The van der Waals surface area contributed by atoms with E-state index in [4.69, 9.17) is 43.7 Å². The molecule has 4 aromatic carbocycles. The van der Waals surface area contributed by atoms with Crippen LogP contribution in [0, 0.1) is 0 Å². The molecule has 54 heavy (non-hydrogen) atoms. The molecule has 0 saturated carbocycles. The van der Waals surface area contributed by atoms with Gasteiger partial charge >= 0.3 is 20.6 Å². The van der Waals surface area contributed by atoms with Gasteiger partial charge < -0.3 is 20.5 Å². The van der Waals surface area contributed by atoms with Crippen LogP contribution in [0.5, 0.6) is 0 Å². The Kier molecular flexibility index (Phi) is 15.9. The number of hydrogen-bond donors (Lipinski definition) is 2. The van der Waals surface area contributed by atoms with Crippen molar-refractivity contribution in [1.29, 1.82) is 0 Å². The highest BCUT2D eigenvalue weighted by atomic mass is 35.5. The third-order valence-electron chi connectivity index (χ3n) is 8.27. The molecule has 0 radical (unpaired) electrons. The average Bonchev–Trinajstić information content (AvgIpc) is 3.08. The molecule has 4 rings (SSSR count). The van der Waals surface area contributed by atoms with Gasteiger partial charge in [0.05, 0.1) is 24.3 Å². The largest absolute Gasteiger partial charge is 0.416 e. The van der Waals surface area contributed by atoms with E-state index in [0.29, 0.717) is 68.2 Å². The summed E-state index contributed by atoms with van der Waals surface area (Å²) in [7, 11) is -2.88. The maximum absolute atomic E-state index is 13.1. The van der Waals surface area contributed by atoms with Gasteiger partial charge in [-0.15, -0.1) is 0 Å².